The zero-order valence-electron chi connectivity index (χ0n) is 10.7. The molecule has 6 heteroatoms. The monoisotopic (exact) mass is 307 g/mol. The van der Waals surface area contributed by atoms with E-state index in [9.17, 15) is 0 Å². The summed E-state index contributed by atoms with van der Waals surface area (Å²) in [5.74, 6) is 1.76. The van der Waals surface area contributed by atoms with Crippen molar-refractivity contribution in [2.24, 2.45) is 0 Å². The van der Waals surface area contributed by atoms with E-state index in [1.165, 1.54) is 0 Å². The number of benzene rings is 1. The van der Waals surface area contributed by atoms with Crippen molar-refractivity contribution >= 4 is 34.4 Å². The fourth-order valence-corrected chi connectivity index (χ4v) is 2.43. The minimum Gasteiger partial charge on any atom is -0.497 e. The number of nitrogens with zero attached hydrogens (tertiary/aromatic N) is 3. The van der Waals surface area contributed by atoms with E-state index in [1.54, 1.807) is 19.4 Å². The second-order valence-electron chi connectivity index (χ2n) is 4.19. The van der Waals surface area contributed by atoms with Gasteiger partial charge in [0.1, 0.15) is 17.1 Å². The van der Waals surface area contributed by atoms with Crippen molar-refractivity contribution in [2.75, 3.05) is 7.11 Å². The maximum atomic E-state index is 5.99. The molecule has 3 aromatic rings. The van der Waals surface area contributed by atoms with Gasteiger partial charge in [-0.2, -0.15) is 0 Å². The van der Waals surface area contributed by atoms with E-state index in [1.807, 2.05) is 28.8 Å². The molecule has 0 aliphatic heterocycles. The Morgan fingerprint density at radius 1 is 1.30 bits per heavy atom. The van der Waals surface area contributed by atoms with Crippen molar-refractivity contribution in [1.29, 1.82) is 0 Å². The Labute approximate surface area is 125 Å². The number of alkyl halides is 1. The lowest BCUT2D eigenvalue weighted by Gasteiger charge is -2.08. The highest BCUT2D eigenvalue weighted by Gasteiger charge is 2.13. The summed E-state index contributed by atoms with van der Waals surface area (Å²) in [6.45, 7) is 0. The molecular weight excluding hydrogens is 297 g/mol. The highest BCUT2D eigenvalue weighted by Crippen LogP contribution is 2.25. The van der Waals surface area contributed by atoms with Gasteiger partial charge in [-0.15, -0.1) is 11.6 Å². The first kappa shape index (κ1) is 13.2. The van der Waals surface area contributed by atoms with Gasteiger partial charge in [0, 0.05) is 12.3 Å². The van der Waals surface area contributed by atoms with Crippen LogP contribution in [0.3, 0.4) is 0 Å². The van der Waals surface area contributed by atoms with Crippen LogP contribution in [0.1, 0.15) is 5.82 Å². The SMILES string of the molecule is COc1cccc(-n2c(CCl)nc3cc(Cl)cnc32)c1. The van der Waals surface area contributed by atoms with Crippen molar-refractivity contribution in [3.63, 3.8) is 0 Å². The van der Waals surface area contributed by atoms with Crippen LogP contribution in [0.2, 0.25) is 5.02 Å². The topological polar surface area (TPSA) is 39.9 Å². The third-order valence-electron chi connectivity index (χ3n) is 2.96. The Kier molecular flexibility index (Phi) is 3.51. The molecule has 20 heavy (non-hydrogen) atoms. The van der Waals surface area contributed by atoms with Crippen LogP contribution in [0.25, 0.3) is 16.9 Å². The molecule has 0 unspecified atom stereocenters. The quantitative estimate of drug-likeness (QED) is 0.691. The second kappa shape index (κ2) is 5.31. The van der Waals surface area contributed by atoms with E-state index < -0.39 is 0 Å². The average Bonchev–Trinajstić information content (AvgIpc) is 2.84. The Morgan fingerprint density at radius 2 is 2.15 bits per heavy atom. The Balaban J connectivity index is 2.28. The fraction of sp³-hybridized carbons (Fsp3) is 0.143. The van der Waals surface area contributed by atoms with Crippen LogP contribution in [-0.2, 0) is 5.88 Å². The molecule has 0 saturated heterocycles. The molecule has 0 fully saturated rings. The lowest BCUT2D eigenvalue weighted by atomic mass is 10.3. The van der Waals surface area contributed by atoms with Gasteiger partial charge in [-0.05, 0) is 18.2 Å². The van der Waals surface area contributed by atoms with E-state index in [2.05, 4.69) is 9.97 Å². The van der Waals surface area contributed by atoms with Gasteiger partial charge in [-0.25, -0.2) is 9.97 Å². The zero-order valence-corrected chi connectivity index (χ0v) is 12.2. The Hall–Kier alpha value is -1.78. The van der Waals surface area contributed by atoms with Gasteiger partial charge in [-0.3, -0.25) is 4.57 Å². The highest BCUT2D eigenvalue weighted by atomic mass is 35.5. The maximum Gasteiger partial charge on any atom is 0.164 e. The van der Waals surface area contributed by atoms with E-state index in [0.29, 0.717) is 10.8 Å². The van der Waals surface area contributed by atoms with E-state index in [0.717, 1.165) is 22.6 Å². The van der Waals surface area contributed by atoms with Gasteiger partial charge in [0.2, 0.25) is 0 Å². The molecule has 0 bridgehead atoms. The van der Waals surface area contributed by atoms with Crippen LogP contribution in [0.5, 0.6) is 5.75 Å². The number of hydrogen-bond acceptors (Lipinski definition) is 3. The van der Waals surface area contributed by atoms with E-state index in [-0.39, 0.29) is 5.88 Å². The summed E-state index contributed by atoms with van der Waals surface area (Å²) in [6.07, 6.45) is 1.60. The summed E-state index contributed by atoms with van der Waals surface area (Å²) in [6, 6.07) is 9.43. The number of ether oxygens (including phenoxy) is 1. The molecule has 0 atom stereocenters. The maximum absolute atomic E-state index is 5.99. The number of rotatable bonds is 3. The normalized spacial score (nSPS) is 10.9. The number of pyridine rings is 1. The van der Waals surface area contributed by atoms with Gasteiger partial charge in [-0.1, -0.05) is 17.7 Å². The predicted octanol–water partition coefficient (Wildman–Crippen LogP) is 3.82. The molecule has 4 nitrogen and oxygen atoms in total. The van der Waals surface area contributed by atoms with Gasteiger partial charge >= 0.3 is 0 Å². The summed E-state index contributed by atoms with van der Waals surface area (Å²) >= 11 is 11.9. The number of halogens is 2. The molecule has 0 saturated carbocycles. The molecule has 3 rings (SSSR count). The molecule has 0 aliphatic carbocycles. The molecule has 0 aliphatic rings. The summed E-state index contributed by atoms with van der Waals surface area (Å²) in [5, 5.41) is 0.550. The van der Waals surface area contributed by atoms with Crippen LogP contribution < -0.4 is 4.74 Å². The van der Waals surface area contributed by atoms with Crippen LogP contribution in [0.4, 0.5) is 0 Å². The van der Waals surface area contributed by atoms with Gasteiger partial charge < -0.3 is 4.74 Å². The lowest BCUT2D eigenvalue weighted by molar-refractivity contribution is 0.414. The van der Waals surface area contributed by atoms with Gasteiger partial charge in [0.15, 0.2) is 5.65 Å². The summed E-state index contributed by atoms with van der Waals surface area (Å²) in [7, 11) is 1.63. The first-order chi connectivity index (χ1) is 9.72. The molecule has 0 radical (unpaired) electrons. The minimum absolute atomic E-state index is 0.283. The Bertz CT molecular complexity index is 770. The molecule has 1 aromatic carbocycles. The molecule has 0 spiro atoms. The van der Waals surface area contributed by atoms with Crippen molar-refractivity contribution in [3.05, 3.63) is 47.4 Å². The first-order valence-electron chi connectivity index (χ1n) is 5.96. The number of hydrogen-bond donors (Lipinski definition) is 0. The number of aromatic nitrogens is 3. The van der Waals surface area contributed by atoms with Crippen LogP contribution in [0.15, 0.2) is 36.5 Å². The predicted molar refractivity (Wildman–Crippen MR) is 80.0 cm³/mol. The molecule has 2 aromatic heterocycles. The van der Waals surface area contributed by atoms with E-state index >= 15 is 0 Å². The summed E-state index contributed by atoms with van der Waals surface area (Å²) < 4.78 is 7.15. The molecular formula is C14H11Cl2N3O. The smallest absolute Gasteiger partial charge is 0.164 e. The van der Waals surface area contributed by atoms with Crippen molar-refractivity contribution in [3.8, 4) is 11.4 Å². The van der Waals surface area contributed by atoms with Crippen molar-refractivity contribution in [2.45, 2.75) is 5.88 Å². The largest absolute Gasteiger partial charge is 0.497 e. The van der Waals surface area contributed by atoms with Crippen LogP contribution >= 0.6 is 23.2 Å². The summed E-state index contributed by atoms with van der Waals surface area (Å²) in [5.41, 5.74) is 2.34. The minimum atomic E-state index is 0.283. The van der Waals surface area contributed by atoms with Crippen molar-refractivity contribution in [1.82, 2.24) is 14.5 Å². The second-order valence-corrected chi connectivity index (χ2v) is 4.90. The molecule has 0 amide bonds. The third kappa shape index (κ3) is 2.21. The van der Waals surface area contributed by atoms with Crippen LogP contribution in [-0.4, -0.2) is 21.6 Å². The van der Waals surface area contributed by atoms with Crippen LogP contribution in [0, 0.1) is 0 Å². The molecule has 102 valence electrons. The zero-order chi connectivity index (χ0) is 14.1. The number of imidazole rings is 1. The van der Waals surface area contributed by atoms with Crippen molar-refractivity contribution < 1.29 is 4.74 Å². The number of fused-ring (bicyclic) bond motifs is 1. The first-order valence-corrected chi connectivity index (χ1v) is 6.87. The fourth-order valence-electron chi connectivity index (χ4n) is 2.10. The third-order valence-corrected chi connectivity index (χ3v) is 3.41. The number of methoxy groups -OCH3 is 1. The summed E-state index contributed by atoms with van der Waals surface area (Å²) in [4.78, 5) is 8.82. The van der Waals surface area contributed by atoms with E-state index in [4.69, 9.17) is 27.9 Å². The Morgan fingerprint density at radius 3 is 2.90 bits per heavy atom. The molecule has 0 N–H and O–H groups in total. The average molecular weight is 308 g/mol. The standard InChI is InChI=1S/C14H11Cl2N3O/c1-20-11-4-2-3-10(6-11)19-13(7-15)18-12-5-9(16)8-17-14(12)19/h2-6,8H,7H2,1H3. The van der Waals surface area contributed by atoms with Gasteiger partial charge in [0.25, 0.3) is 0 Å². The molecule has 2 heterocycles. The highest BCUT2D eigenvalue weighted by molar-refractivity contribution is 6.31. The lowest BCUT2D eigenvalue weighted by Crippen LogP contribution is -2.00. The van der Waals surface area contributed by atoms with Gasteiger partial charge in [0.05, 0.1) is 23.7 Å².